The second-order valence-corrected chi connectivity index (χ2v) is 12.0. The fourth-order valence-corrected chi connectivity index (χ4v) is 5.74. The molecule has 2 amide bonds. The fourth-order valence-electron chi connectivity index (χ4n) is 3.87. The Labute approximate surface area is 242 Å². The van der Waals surface area contributed by atoms with E-state index in [0.717, 1.165) is 16.1 Å². The first kappa shape index (κ1) is 30.1. The third-order valence-corrected chi connectivity index (χ3v) is 8.01. The van der Waals surface area contributed by atoms with Crippen molar-refractivity contribution in [3.05, 3.63) is 97.9 Å². The van der Waals surface area contributed by atoms with Crippen LogP contribution in [0.5, 0.6) is 0 Å². The highest BCUT2D eigenvalue weighted by molar-refractivity contribution is 7.92. The molecule has 0 fully saturated rings. The van der Waals surface area contributed by atoms with Crippen molar-refractivity contribution in [3.63, 3.8) is 0 Å². The van der Waals surface area contributed by atoms with Gasteiger partial charge in [0, 0.05) is 45.7 Å². The molecule has 0 bridgehead atoms. The summed E-state index contributed by atoms with van der Waals surface area (Å²) in [6.45, 7) is -0.768. The van der Waals surface area contributed by atoms with Crippen LogP contribution in [0.1, 0.15) is 11.1 Å². The molecule has 0 aromatic heterocycles. The minimum absolute atomic E-state index is 0.105. The Morgan fingerprint density at radius 1 is 0.895 bits per heavy atom. The van der Waals surface area contributed by atoms with E-state index in [9.17, 15) is 18.0 Å². The van der Waals surface area contributed by atoms with E-state index in [4.69, 9.17) is 46.4 Å². The van der Waals surface area contributed by atoms with Crippen molar-refractivity contribution < 1.29 is 18.0 Å². The number of carbonyl (C=O) groups excluding carboxylic acids is 2. The van der Waals surface area contributed by atoms with Gasteiger partial charge in [0.2, 0.25) is 21.8 Å². The minimum atomic E-state index is -3.96. The molecule has 7 nitrogen and oxygen atoms in total. The van der Waals surface area contributed by atoms with Gasteiger partial charge in [-0.2, -0.15) is 0 Å². The van der Waals surface area contributed by atoms with Gasteiger partial charge in [-0.05, 0) is 35.9 Å². The largest absolute Gasteiger partial charge is 0.357 e. The predicted molar refractivity (Wildman–Crippen MR) is 154 cm³/mol. The van der Waals surface area contributed by atoms with E-state index in [1.807, 2.05) is 30.3 Å². The lowest BCUT2D eigenvalue weighted by Gasteiger charge is -2.33. The van der Waals surface area contributed by atoms with E-state index in [2.05, 4.69) is 5.32 Å². The van der Waals surface area contributed by atoms with Gasteiger partial charge in [0.25, 0.3) is 0 Å². The lowest BCUT2D eigenvalue weighted by atomic mass is 10.0. The SMILES string of the molecule is CNC(=O)[C@H](Cc1ccccc1)N(Cc1c(Cl)cccc1Cl)C(=O)CN(c1cc(Cl)cc(Cl)c1)S(C)(=O)=O. The smallest absolute Gasteiger partial charge is 0.244 e. The van der Waals surface area contributed by atoms with Gasteiger partial charge in [0.05, 0.1) is 11.9 Å². The zero-order chi connectivity index (χ0) is 28.0. The van der Waals surface area contributed by atoms with Gasteiger partial charge in [0.1, 0.15) is 12.6 Å². The average molecular weight is 617 g/mol. The zero-order valence-electron chi connectivity index (χ0n) is 20.5. The summed E-state index contributed by atoms with van der Waals surface area (Å²) in [5.74, 6) is -1.10. The van der Waals surface area contributed by atoms with Crippen molar-refractivity contribution in [2.45, 2.75) is 19.0 Å². The molecule has 3 aromatic rings. The fraction of sp³-hybridized carbons (Fsp3) is 0.231. The average Bonchev–Trinajstić information content (AvgIpc) is 2.84. The van der Waals surface area contributed by atoms with Gasteiger partial charge in [0.15, 0.2) is 0 Å². The van der Waals surface area contributed by atoms with Crippen molar-refractivity contribution in [2.75, 3.05) is 24.2 Å². The summed E-state index contributed by atoms with van der Waals surface area (Å²) in [4.78, 5) is 28.3. The van der Waals surface area contributed by atoms with Gasteiger partial charge in [-0.1, -0.05) is 82.8 Å². The van der Waals surface area contributed by atoms with Crippen LogP contribution < -0.4 is 9.62 Å². The molecule has 1 atom stereocenters. The van der Waals surface area contributed by atoms with Crippen molar-refractivity contribution >= 4 is 73.9 Å². The highest BCUT2D eigenvalue weighted by Crippen LogP contribution is 2.29. The Balaban J connectivity index is 2.09. The van der Waals surface area contributed by atoms with Crippen LogP contribution in [0.25, 0.3) is 0 Å². The number of anilines is 1. The van der Waals surface area contributed by atoms with E-state index in [-0.39, 0.29) is 28.7 Å². The molecule has 0 aliphatic rings. The lowest BCUT2D eigenvalue weighted by Crippen LogP contribution is -2.53. The normalized spacial score (nSPS) is 12.1. The Hall–Kier alpha value is -2.49. The van der Waals surface area contributed by atoms with Gasteiger partial charge in [-0.25, -0.2) is 8.42 Å². The molecule has 0 saturated heterocycles. The molecule has 1 N–H and O–H groups in total. The van der Waals surface area contributed by atoms with Gasteiger partial charge in [-0.3, -0.25) is 13.9 Å². The summed E-state index contributed by atoms with van der Waals surface area (Å²) >= 11 is 25.0. The van der Waals surface area contributed by atoms with Crippen molar-refractivity contribution in [3.8, 4) is 0 Å². The molecule has 202 valence electrons. The van der Waals surface area contributed by atoms with Crippen molar-refractivity contribution in [1.29, 1.82) is 0 Å². The maximum absolute atomic E-state index is 13.9. The van der Waals surface area contributed by atoms with Gasteiger partial charge < -0.3 is 10.2 Å². The molecule has 3 rings (SSSR count). The van der Waals surface area contributed by atoms with Crippen LogP contribution in [-0.4, -0.2) is 51.0 Å². The maximum Gasteiger partial charge on any atom is 0.244 e. The second kappa shape index (κ2) is 13.0. The number of carbonyl (C=O) groups is 2. The van der Waals surface area contributed by atoms with E-state index >= 15 is 0 Å². The first-order chi connectivity index (χ1) is 17.9. The van der Waals surface area contributed by atoms with E-state index < -0.39 is 34.4 Å². The number of amides is 2. The molecular formula is C26H25Cl4N3O4S. The zero-order valence-corrected chi connectivity index (χ0v) is 24.3. The highest BCUT2D eigenvalue weighted by atomic mass is 35.5. The summed E-state index contributed by atoms with van der Waals surface area (Å²) in [6, 6.07) is 17.3. The van der Waals surface area contributed by atoms with Crippen LogP contribution in [0.2, 0.25) is 20.1 Å². The van der Waals surface area contributed by atoms with Gasteiger partial charge >= 0.3 is 0 Å². The molecule has 3 aromatic carbocycles. The van der Waals surface area contributed by atoms with Crippen molar-refractivity contribution in [1.82, 2.24) is 10.2 Å². The summed E-state index contributed by atoms with van der Waals surface area (Å²) in [6.07, 6.45) is 1.13. The minimum Gasteiger partial charge on any atom is -0.357 e. The van der Waals surface area contributed by atoms with Crippen LogP contribution >= 0.6 is 46.4 Å². The standard InChI is InChI=1S/C26H25Cl4N3O4S/c1-31-26(35)24(11-17-7-4-3-5-8-17)32(15-21-22(29)9-6-10-23(21)30)25(34)16-33(38(2,36)37)20-13-18(27)12-19(28)14-20/h3-10,12-14,24H,11,15-16H2,1-2H3,(H,31,35)/t24-/m0/s1. The number of sulfonamides is 1. The van der Waals surface area contributed by atoms with Crippen LogP contribution in [0.4, 0.5) is 5.69 Å². The molecule has 0 unspecified atom stereocenters. The molecule has 0 spiro atoms. The Morgan fingerprint density at radius 2 is 1.47 bits per heavy atom. The molecule has 0 aliphatic heterocycles. The number of rotatable bonds is 10. The number of halogens is 4. The quantitative estimate of drug-likeness (QED) is 0.328. The first-order valence-corrected chi connectivity index (χ1v) is 14.7. The molecule has 0 radical (unpaired) electrons. The Kier molecular flexibility index (Phi) is 10.3. The summed E-state index contributed by atoms with van der Waals surface area (Å²) < 4.78 is 26.4. The number of likely N-dealkylation sites (N-methyl/N-ethyl adjacent to an activating group) is 1. The molecule has 0 saturated carbocycles. The molecular weight excluding hydrogens is 592 g/mol. The number of nitrogens with one attached hydrogen (secondary N) is 1. The number of hydrogen-bond acceptors (Lipinski definition) is 4. The van der Waals surface area contributed by atoms with Crippen LogP contribution in [-0.2, 0) is 32.6 Å². The third kappa shape index (κ3) is 7.77. The Morgan fingerprint density at radius 3 is 2.00 bits per heavy atom. The van der Waals surface area contributed by atoms with Crippen molar-refractivity contribution in [2.24, 2.45) is 0 Å². The van der Waals surface area contributed by atoms with E-state index in [0.29, 0.717) is 15.6 Å². The molecule has 12 heteroatoms. The lowest BCUT2D eigenvalue weighted by molar-refractivity contribution is -0.139. The first-order valence-electron chi connectivity index (χ1n) is 11.3. The third-order valence-electron chi connectivity index (χ3n) is 5.72. The number of hydrogen-bond donors (Lipinski definition) is 1. The van der Waals surface area contributed by atoms with Crippen LogP contribution in [0.3, 0.4) is 0 Å². The topological polar surface area (TPSA) is 86.8 Å². The second-order valence-electron chi connectivity index (χ2n) is 8.44. The maximum atomic E-state index is 13.9. The molecule has 0 aliphatic carbocycles. The molecule has 0 heterocycles. The summed E-state index contributed by atoms with van der Waals surface area (Å²) in [5, 5.41) is 3.59. The van der Waals surface area contributed by atoms with Crippen LogP contribution in [0, 0.1) is 0 Å². The Bertz CT molecular complexity index is 1380. The predicted octanol–water partition coefficient (Wildman–Crippen LogP) is 5.45. The molecule has 38 heavy (non-hydrogen) atoms. The van der Waals surface area contributed by atoms with E-state index in [1.165, 1.54) is 30.1 Å². The van der Waals surface area contributed by atoms with Gasteiger partial charge in [-0.15, -0.1) is 0 Å². The van der Waals surface area contributed by atoms with E-state index in [1.54, 1.807) is 18.2 Å². The number of benzene rings is 3. The monoisotopic (exact) mass is 615 g/mol. The summed E-state index contributed by atoms with van der Waals surface area (Å²) in [5.41, 5.74) is 1.32. The summed E-state index contributed by atoms with van der Waals surface area (Å²) in [7, 11) is -2.50. The number of nitrogens with zero attached hydrogens (tertiary/aromatic N) is 2. The van der Waals surface area contributed by atoms with Crippen LogP contribution in [0.15, 0.2) is 66.7 Å². The highest BCUT2D eigenvalue weighted by Gasteiger charge is 2.33.